The van der Waals surface area contributed by atoms with Gasteiger partial charge in [0, 0.05) is 11.4 Å². The van der Waals surface area contributed by atoms with Gasteiger partial charge in [-0.15, -0.1) is 5.10 Å². The van der Waals surface area contributed by atoms with Crippen molar-refractivity contribution in [3.05, 3.63) is 65.1 Å². The Labute approximate surface area is 150 Å². The standard InChI is InChI=1S/C16H10ClF4N5/c17-13-5-4-11(7-12(13)16(19,20)21)24-15-25-14(8-22-26-15)23-10-3-1-2-9(18)6-10/h1-8H,(H2,23,24,25,26). The molecule has 0 aliphatic rings. The molecule has 134 valence electrons. The molecule has 0 spiro atoms. The number of hydrogen-bond acceptors (Lipinski definition) is 5. The molecule has 0 atom stereocenters. The predicted octanol–water partition coefficient (Wildman–Crippen LogP) is 5.17. The van der Waals surface area contributed by atoms with Crippen molar-refractivity contribution in [1.82, 2.24) is 15.2 Å². The van der Waals surface area contributed by atoms with Gasteiger partial charge in [0.2, 0.25) is 5.95 Å². The average Bonchev–Trinajstić information content (AvgIpc) is 2.56. The molecule has 0 fully saturated rings. The third-order valence-electron chi connectivity index (χ3n) is 3.18. The summed E-state index contributed by atoms with van der Waals surface area (Å²) in [4.78, 5) is 4.07. The molecule has 3 aromatic rings. The molecule has 0 bridgehead atoms. The number of alkyl halides is 3. The first-order chi connectivity index (χ1) is 12.3. The molecule has 0 aliphatic carbocycles. The van der Waals surface area contributed by atoms with Gasteiger partial charge in [-0.2, -0.15) is 23.3 Å². The van der Waals surface area contributed by atoms with Crippen LogP contribution in [0.2, 0.25) is 5.02 Å². The van der Waals surface area contributed by atoms with Gasteiger partial charge >= 0.3 is 6.18 Å². The lowest BCUT2D eigenvalue weighted by Gasteiger charge is -2.12. The second kappa shape index (κ2) is 7.12. The number of nitrogens with one attached hydrogen (secondary N) is 2. The van der Waals surface area contributed by atoms with Crippen molar-refractivity contribution < 1.29 is 17.6 Å². The normalized spacial score (nSPS) is 11.3. The van der Waals surface area contributed by atoms with Gasteiger partial charge in [-0.05, 0) is 36.4 Å². The highest BCUT2D eigenvalue weighted by Crippen LogP contribution is 2.36. The van der Waals surface area contributed by atoms with Gasteiger partial charge in [0.25, 0.3) is 0 Å². The summed E-state index contributed by atoms with van der Waals surface area (Å²) in [6, 6.07) is 8.99. The summed E-state index contributed by atoms with van der Waals surface area (Å²) >= 11 is 5.58. The van der Waals surface area contributed by atoms with Gasteiger partial charge in [0.15, 0.2) is 5.82 Å². The minimum Gasteiger partial charge on any atom is -0.339 e. The lowest BCUT2D eigenvalue weighted by molar-refractivity contribution is -0.137. The monoisotopic (exact) mass is 383 g/mol. The van der Waals surface area contributed by atoms with E-state index in [0.29, 0.717) is 5.69 Å². The largest absolute Gasteiger partial charge is 0.417 e. The Balaban J connectivity index is 1.81. The van der Waals surface area contributed by atoms with E-state index in [1.807, 2.05) is 0 Å². The number of rotatable bonds is 4. The van der Waals surface area contributed by atoms with Gasteiger partial charge < -0.3 is 10.6 Å². The lowest BCUT2D eigenvalue weighted by atomic mass is 10.2. The zero-order valence-electron chi connectivity index (χ0n) is 12.9. The van der Waals surface area contributed by atoms with Crippen LogP contribution in [0.4, 0.5) is 40.7 Å². The zero-order chi connectivity index (χ0) is 18.7. The van der Waals surface area contributed by atoms with Crippen LogP contribution in [0, 0.1) is 5.82 Å². The fourth-order valence-electron chi connectivity index (χ4n) is 2.08. The van der Waals surface area contributed by atoms with E-state index in [0.717, 1.165) is 12.1 Å². The van der Waals surface area contributed by atoms with Crippen molar-refractivity contribution in [2.45, 2.75) is 6.18 Å². The van der Waals surface area contributed by atoms with E-state index in [1.165, 1.54) is 30.5 Å². The molecule has 0 aliphatic heterocycles. The number of halogens is 5. The summed E-state index contributed by atoms with van der Waals surface area (Å²) in [5, 5.41) is 12.4. The van der Waals surface area contributed by atoms with Gasteiger partial charge in [-0.25, -0.2) is 4.39 Å². The lowest BCUT2D eigenvalue weighted by Crippen LogP contribution is -2.07. The Kier molecular flexibility index (Phi) is 4.90. The van der Waals surface area contributed by atoms with Crippen LogP contribution in [0.1, 0.15) is 5.56 Å². The van der Waals surface area contributed by atoms with Crippen LogP contribution in [0.25, 0.3) is 0 Å². The van der Waals surface area contributed by atoms with Crippen LogP contribution >= 0.6 is 11.6 Å². The Morgan fingerprint density at radius 3 is 2.46 bits per heavy atom. The first kappa shape index (κ1) is 17.9. The highest BCUT2D eigenvalue weighted by molar-refractivity contribution is 6.31. The number of anilines is 4. The molecule has 2 aromatic carbocycles. The van der Waals surface area contributed by atoms with Crippen LogP contribution in [-0.4, -0.2) is 15.2 Å². The molecule has 0 saturated carbocycles. The highest BCUT2D eigenvalue weighted by atomic mass is 35.5. The van der Waals surface area contributed by atoms with Crippen molar-refractivity contribution in [2.24, 2.45) is 0 Å². The SMILES string of the molecule is Fc1cccc(Nc2cnnc(Nc3ccc(Cl)c(C(F)(F)F)c3)n2)c1. The van der Waals surface area contributed by atoms with E-state index in [9.17, 15) is 17.6 Å². The zero-order valence-corrected chi connectivity index (χ0v) is 13.6. The summed E-state index contributed by atoms with van der Waals surface area (Å²) in [5.41, 5.74) is -0.458. The van der Waals surface area contributed by atoms with E-state index < -0.39 is 22.6 Å². The topological polar surface area (TPSA) is 62.7 Å². The molecular formula is C16H10ClF4N5. The Morgan fingerprint density at radius 1 is 0.962 bits per heavy atom. The second-order valence-electron chi connectivity index (χ2n) is 5.12. The molecule has 0 saturated heterocycles. The van der Waals surface area contributed by atoms with Gasteiger partial charge in [0.05, 0.1) is 16.8 Å². The van der Waals surface area contributed by atoms with Crippen LogP contribution in [-0.2, 0) is 6.18 Å². The number of benzene rings is 2. The number of nitrogens with zero attached hydrogens (tertiary/aromatic N) is 3. The van der Waals surface area contributed by atoms with Crippen LogP contribution in [0.5, 0.6) is 0 Å². The summed E-state index contributed by atoms with van der Waals surface area (Å²) in [5.74, 6) is -0.240. The Morgan fingerprint density at radius 2 is 1.73 bits per heavy atom. The maximum Gasteiger partial charge on any atom is 0.417 e. The van der Waals surface area contributed by atoms with E-state index in [2.05, 4.69) is 25.8 Å². The molecule has 26 heavy (non-hydrogen) atoms. The molecule has 10 heteroatoms. The van der Waals surface area contributed by atoms with Crippen LogP contribution in [0.3, 0.4) is 0 Å². The highest BCUT2D eigenvalue weighted by Gasteiger charge is 2.33. The summed E-state index contributed by atoms with van der Waals surface area (Å²) < 4.78 is 51.9. The third-order valence-corrected chi connectivity index (χ3v) is 3.51. The first-order valence-electron chi connectivity index (χ1n) is 7.17. The van der Waals surface area contributed by atoms with E-state index in [1.54, 1.807) is 6.07 Å². The summed E-state index contributed by atoms with van der Waals surface area (Å²) in [7, 11) is 0. The van der Waals surface area contributed by atoms with Gasteiger partial charge in [0.1, 0.15) is 5.82 Å². The van der Waals surface area contributed by atoms with Crippen molar-refractivity contribution in [1.29, 1.82) is 0 Å². The van der Waals surface area contributed by atoms with Crippen LogP contribution < -0.4 is 10.6 Å². The molecule has 0 radical (unpaired) electrons. The van der Waals surface area contributed by atoms with E-state index in [4.69, 9.17) is 11.6 Å². The third kappa shape index (κ3) is 4.37. The minimum atomic E-state index is -4.59. The van der Waals surface area contributed by atoms with Crippen molar-refractivity contribution in [3.8, 4) is 0 Å². The average molecular weight is 384 g/mol. The molecule has 1 aromatic heterocycles. The summed E-state index contributed by atoms with van der Waals surface area (Å²) in [6.45, 7) is 0. The maximum atomic E-state index is 13.2. The molecule has 1 heterocycles. The van der Waals surface area contributed by atoms with Gasteiger partial charge in [-0.1, -0.05) is 17.7 Å². The number of hydrogen-bond donors (Lipinski definition) is 2. The smallest absolute Gasteiger partial charge is 0.339 e. The molecule has 0 unspecified atom stereocenters. The number of aromatic nitrogens is 3. The van der Waals surface area contributed by atoms with Crippen molar-refractivity contribution in [2.75, 3.05) is 10.6 Å². The molecule has 5 nitrogen and oxygen atoms in total. The fourth-order valence-corrected chi connectivity index (χ4v) is 2.30. The maximum absolute atomic E-state index is 13.2. The van der Waals surface area contributed by atoms with Crippen LogP contribution in [0.15, 0.2) is 48.7 Å². The van der Waals surface area contributed by atoms with E-state index >= 15 is 0 Å². The van der Waals surface area contributed by atoms with Crippen molar-refractivity contribution >= 4 is 34.7 Å². The first-order valence-corrected chi connectivity index (χ1v) is 7.55. The second-order valence-corrected chi connectivity index (χ2v) is 5.53. The fraction of sp³-hybridized carbons (Fsp3) is 0.0625. The molecule has 2 N–H and O–H groups in total. The molecule has 3 rings (SSSR count). The van der Waals surface area contributed by atoms with Crippen molar-refractivity contribution in [3.63, 3.8) is 0 Å². The summed E-state index contributed by atoms with van der Waals surface area (Å²) in [6.07, 6.45) is -3.30. The van der Waals surface area contributed by atoms with Gasteiger partial charge in [-0.3, -0.25) is 0 Å². The Bertz CT molecular complexity index is 933. The molecule has 0 amide bonds. The Hall–Kier alpha value is -2.94. The molecular weight excluding hydrogens is 374 g/mol. The minimum absolute atomic E-state index is 0.0400. The predicted molar refractivity (Wildman–Crippen MR) is 89.2 cm³/mol. The quantitative estimate of drug-likeness (QED) is 0.608. The van der Waals surface area contributed by atoms with E-state index in [-0.39, 0.29) is 17.5 Å².